The Hall–Kier alpha value is -2.57. The van der Waals surface area contributed by atoms with Crippen molar-refractivity contribution in [2.75, 3.05) is 44.9 Å². The van der Waals surface area contributed by atoms with Crippen molar-refractivity contribution in [1.82, 2.24) is 20.2 Å². The molecule has 112 valence electrons. The third-order valence-corrected chi connectivity index (χ3v) is 2.93. The summed E-state index contributed by atoms with van der Waals surface area (Å²) >= 11 is 0. The van der Waals surface area contributed by atoms with Crippen LogP contribution in [0.1, 0.15) is 0 Å². The van der Waals surface area contributed by atoms with E-state index in [2.05, 4.69) is 25.9 Å². The Morgan fingerprint density at radius 3 is 2.67 bits per heavy atom. The normalized spacial score (nSPS) is 10.2. The molecule has 0 saturated heterocycles. The van der Waals surface area contributed by atoms with E-state index in [1.54, 1.807) is 21.1 Å². The van der Waals surface area contributed by atoms with E-state index in [4.69, 9.17) is 0 Å². The van der Waals surface area contributed by atoms with Gasteiger partial charge in [0.15, 0.2) is 0 Å². The first-order chi connectivity index (χ1) is 10.1. The van der Waals surface area contributed by atoms with Gasteiger partial charge in [-0.15, -0.1) is 0 Å². The van der Waals surface area contributed by atoms with Crippen LogP contribution >= 0.6 is 0 Å². The number of anilines is 2. The van der Waals surface area contributed by atoms with Gasteiger partial charge < -0.3 is 20.9 Å². The van der Waals surface area contributed by atoms with Crippen LogP contribution in [0.5, 0.6) is 0 Å². The second kappa shape index (κ2) is 6.74. The fraction of sp³-hybridized carbons (Fsp3) is 0.357. The minimum absolute atomic E-state index is 0.111. The molecule has 0 bridgehead atoms. The third kappa shape index (κ3) is 3.71. The summed E-state index contributed by atoms with van der Waals surface area (Å²) < 4.78 is 0. The minimum atomic E-state index is -0.111. The number of nitrogens with one attached hydrogen (secondary N) is 3. The molecular formula is C14H20N6O. The zero-order valence-electron chi connectivity index (χ0n) is 12.5. The molecule has 2 aromatic rings. The van der Waals surface area contributed by atoms with Crippen molar-refractivity contribution >= 4 is 28.7 Å². The van der Waals surface area contributed by atoms with Crippen LogP contribution in [0.15, 0.2) is 24.3 Å². The number of fused-ring (bicyclic) bond motifs is 1. The monoisotopic (exact) mass is 288 g/mol. The fourth-order valence-corrected chi connectivity index (χ4v) is 1.83. The molecule has 0 radical (unpaired) electrons. The molecule has 0 spiro atoms. The van der Waals surface area contributed by atoms with Crippen molar-refractivity contribution in [3.05, 3.63) is 24.3 Å². The van der Waals surface area contributed by atoms with Crippen LogP contribution in [0.3, 0.4) is 0 Å². The molecule has 1 aromatic carbocycles. The molecule has 0 aliphatic carbocycles. The van der Waals surface area contributed by atoms with Gasteiger partial charge in [0.2, 0.25) is 5.95 Å². The Balaban J connectivity index is 2.05. The Morgan fingerprint density at radius 2 is 1.95 bits per heavy atom. The van der Waals surface area contributed by atoms with E-state index in [-0.39, 0.29) is 6.03 Å². The molecule has 1 aromatic heterocycles. The van der Waals surface area contributed by atoms with Gasteiger partial charge in [-0.2, -0.15) is 4.98 Å². The van der Waals surface area contributed by atoms with Crippen molar-refractivity contribution in [2.24, 2.45) is 0 Å². The topological polar surface area (TPSA) is 82.2 Å². The number of aromatic nitrogens is 2. The lowest BCUT2D eigenvalue weighted by atomic mass is 10.2. The summed E-state index contributed by atoms with van der Waals surface area (Å²) in [5.41, 5.74) is 0.872. The van der Waals surface area contributed by atoms with Crippen molar-refractivity contribution in [1.29, 1.82) is 0 Å². The lowest BCUT2D eigenvalue weighted by molar-refractivity contribution is 0.218. The summed E-state index contributed by atoms with van der Waals surface area (Å²) in [6.45, 7) is 1.11. The molecule has 0 saturated carbocycles. The number of benzene rings is 1. The molecule has 2 amide bonds. The largest absolute Gasteiger partial charge is 0.368 e. The number of carbonyl (C=O) groups is 1. The van der Waals surface area contributed by atoms with Crippen LogP contribution in [0.4, 0.5) is 16.6 Å². The SMILES string of the molecule is CNc1nc(NCCNC(=O)N(C)C)c2ccccc2n1. The first kappa shape index (κ1) is 14.8. The highest BCUT2D eigenvalue weighted by Crippen LogP contribution is 2.21. The number of hydrogen-bond acceptors (Lipinski definition) is 5. The number of urea groups is 1. The number of carbonyl (C=O) groups excluding carboxylic acids is 1. The molecule has 0 atom stereocenters. The molecule has 0 aliphatic rings. The number of amides is 2. The minimum Gasteiger partial charge on any atom is -0.368 e. The standard InChI is InChI=1S/C14H20N6O/c1-15-13-18-11-7-5-4-6-10(11)12(19-13)16-8-9-17-14(21)20(2)3/h4-7H,8-9H2,1-3H3,(H,17,21)(H2,15,16,18,19). The molecule has 1 heterocycles. The van der Waals surface area contributed by atoms with Crippen molar-refractivity contribution in [2.45, 2.75) is 0 Å². The Kier molecular flexibility index (Phi) is 4.76. The highest BCUT2D eigenvalue weighted by molar-refractivity contribution is 5.90. The second-order valence-electron chi connectivity index (χ2n) is 4.72. The van der Waals surface area contributed by atoms with E-state index >= 15 is 0 Å². The van der Waals surface area contributed by atoms with Gasteiger partial charge >= 0.3 is 6.03 Å². The van der Waals surface area contributed by atoms with Gasteiger partial charge in [-0.1, -0.05) is 12.1 Å². The first-order valence-electron chi connectivity index (χ1n) is 6.75. The molecule has 0 unspecified atom stereocenters. The first-order valence-corrected chi connectivity index (χ1v) is 6.75. The Bertz CT molecular complexity index is 628. The summed E-state index contributed by atoms with van der Waals surface area (Å²) in [4.78, 5) is 21.7. The zero-order valence-corrected chi connectivity index (χ0v) is 12.5. The summed E-state index contributed by atoms with van der Waals surface area (Å²) in [6, 6.07) is 7.69. The van der Waals surface area contributed by atoms with Crippen LogP contribution in [0.2, 0.25) is 0 Å². The summed E-state index contributed by atoms with van der Waals surface area (Å²) in [7, 11) is 5.20. The predicted molar refractivity (Wildman–Crippen MR) is 84.7 cm³/mol. The van der Waals surface area contributed by atoms with Crippen LogP contribution in [-0.2, 0) is 0 Å². The van der Waals surface area contributed by atoms with E-state index < -0.39 is 0 Å². The quantitative estimate of drug-likeness (QED) is 0.724. The smallest absolute Gasteiger partial charge is 0.316 e. The van der Waals surface area contributed by atoms with E-state index in [1.165, 1.54) is 4.90 Å². The van der Waals surface area contributed by atoms with E-state index in [0.717, 1.165) is 16.7 Å². The Labute approximate surface area is 123 Å². The lowest BCUT2D eigenvalue weighted by Gasteiger charge is -2.13. The van der Waals surface area contributed by atoms with E-state index in [0.29, 0.717) is 19.0 Å². The molecule has 7 nitrogen and oxygen atoms in total. The molecular weight excluding hydrogens is 268 g/mol. The maximum atomic E-state index is 11.4. The highest BCUT2D eigenvalue weighted by Gasteiger charge is 2.06. The van der Waals surface area contributed by atoms with Gasteiger partial charge in [-0.3, -0.25) is 0 Å². The highest BCUT2D eigenvalue weighted by atomic mass is 16.2. The maximum absolute atomic E-state index is 11.4. The summed E-state index contributed by atoms with van der Waals surface area (Å²) in [6.07, 6.45) is 0. The molecule has 2 rings (SSSR count). The van der Waals surface area contributed by atoms with Crippen LogP contribution in [0, 0.1) is 0 Å². The second-order valence-corrected chi connectivity index (χ2v) is 4.72. The van der Waals surface area contributed by atoms with Crippen LogP contribution < -0.4 is 16.0 Å². The van der Waals surface area contributed by atoms with Crippen molar-refractivity contribution in [3.63, 3.8) is 0 Å². The lowest BCUT2D eigenvalue weighted by Crippen LogP contribution is -2.37. The van der Waals surface area contributed by atoms with Gasteiger partial charge in [0.05, 0.1) is 5.52 Å². The van der Waals surface area contributed by atoms with Crippen molar-refractivity contribution < 1.29 is 4.79 Å². The molecule has 21 heavy (non-hydrogen) atoms. The van der Waals surface area contributed by atoms with Crippen LogP contribution in [0.25, 0.3) is 10.9 Å². The number of nitrogens with zero attached hydrogens (tertiary/aromatic N) is 3. The fourth-order valence-electron chi connectivity index (χ4n) is 1.83. The van der Waals surface area contributed by atoms with E-state index in [9.17, 15) is 4.79 Å². The summed E-state index contributed by atoms with van der Waals surface area (Å²) in [5, 5.41) is 9.93. The zero-order chi connectivity index (χ0) is 15.2. The third-order valence-electron chi connectivity index (χ3n) is 2.93. The average molecular weight is 288 g/mol. The van der Waals surface area contributed by atoms with Crippen molar-refractivity contribution in [3.8, 4) is 0 Å². The Morgan fingerprint density at radius 1 is 1.19 bits per heavy atom. The molecule has 3 N–H and O–H groups in total. The van der Waals surface area contributed by atoms with Gasteiger partial charge in [-0.25, -0.2) is 9.78 Å². The van der Waals surface area contributed by atoms with Gasteiger partial charge in [0.25, 0.3) is 0 Å². The van der Waals surface area contributed by atoms with Crippen LogP contribution in [-0.4, -0.2) is 55.1 Å². The van der Waals surface area contributed by atoms with Gasteiger partial charge in [-0.05, 0) is 12.1 Å². The molecule has 7 heteroatoms. The maximum Gasteiger partial charge on any atom is 0.316 e. The van der Waals surface area contributed by atoms with E-state index in [1.807, 2.05) is 24.3 Å². The summed E-state index contributed by atoms with van der Waals surface area (Å²) in [5.74, 6) is 1.32. The van der Waals surface area contributed by atoms with Gasteiger partial charge in [0.1, 0.15) is 5.82 Å². The number of hydrogen-bond donors (Lipinski definition) is 3. The average Bonchev–Trinajstić information content (AvgIpc) is 2.50. The number of rotatable bonds is 5. The number of para-hydroxylation sites is 1. The molecule has 0 aliphatic heterocycles. The van der Waals surface area contributed by atoms with Gasteiger partial charge in [0, 0.05) is 39.6 Å². The predicted octanol–water partition coefficient (Wildman–Crippen LogP) is 1.35. The molecule has 0 fully saturated rings.